The summed E-state index contributed by atoms with van der Waals surface area (Å²) in [5, 5.41) is 0. The van der Waals surface area contributed by atoms with Crippen molar-refractivity contribution >= 4 is 34.1 Å². The van der Waals surface area contributed by atoms with Crippen molar-refractivity contribution in [3.8, 4) is 66.8 Å². The molecular weight excluding hydrogens is 821 g/mol. The summed E-state index contributed by atoms with van der Waals surface area (Å²) in [7, 11) is 0. The molecule has 0 fully saturated rings. The van der Waals surface area contributed by atoms with Crippen molar-refractivity contribution in [2.75, 3.05) is 9.80 Å². The van der Waals surface area contributed by atoms with Gasteiger partial charge in [0.15, 0.2) is 0 Å². The third-order valence-corrected chi connectivity index (χ3v) is 12.7. The van der Waals surface area contributed by atoms with E-state index in [1.165, 1.54) is 38.9 Å². The monoisotopic (exact) mass is 868 g/mol. The summed E-state index contributed by atoms with van der Waals surface area (Å²) < 4.78 is 0. The summed E-state index contributed by atoms with van der Waals surface area (Å²) in [6.45, 7) is 0. The van der Waals surface area contributed by atoms with Crippen molar-refractivity contribution in [2.24, 2.45) is 0 Å². The highest BCUT2D eigenvalue weighted by Gasteiger charge is 2.22. The first-order valence-electron chi connectivity index (χ1n) is 23.2. The molecule has 11 aromatic rings. The Bertz CT molecular complexity index is 3210. The second kappa shape index (κ2) is 19.2. The van der Waals surface area contributed by atoms with Gasteiger partial charge in [0.1, 0.15) is 0 Å². The van der Waals surface area contributed by atoms with Crippen molar-refractivity contribution < 1.29 is 0 Å². The van der Waals surface area contributed by atoms with Crippen LogP contribution in [0.3, 0.4) is 0 Å². The number of nitrogens with zero attached hydrogens (tertiary/aromatic N) is 2. The van der Waals surface area contributed by atoms with E-state index in [9.17, 15) is 0 Å². The van der Waals surface area contributed by atoms with Crippen LogP contribution in [0.1, 0.15) is 0 Å². The Kier molecular flexibility index (Phi) is 11.8. The summed E-state index contributed by atoms with van der Waals surface area (Å²) in [4.78, 5) is 4.73. The second-order valence-electron chi connectivity index (χ2n) is 16.9. The Morgan fingerprint density at radius 1 is 0.162 bits per heavy atom. The van der Waals surface area contributed by atoms with Gasteiger partial charge in [-0.2, -0.15) is 0 Å². The van der Waals surface area contributed by atoms with Gasteiger partial charge >= 0.3 is 0 Å². The molecule has 0 unspecified atom stereocenters. The van der Waals surface area contributed by atoms with E-state index < -0.39 is 0 Å². The Balaban J connectivity index is 1.07. The molecule has 0 aliphatic heterocycles. The lowest BCUT2D eigenvalue weighted by Gasteiger charge is -2.29. The molecule has 11 rings (SSSR count). The molecule has 0 radical (unpaired) electrons. The van der Waals surface area contributed by atoms with E-state index in [1.807, 2.05) is 0 Å². The van der Waals surface area contributed by atoms with Crippen molar-refractivity contribution in [3.63, 3.8) is 0 Å². The number of anilines is 6. The molecule has 0 bridgehead atoms. The van der Waals surface area contributed by atoms with Gasteiger partial charge < -0.3 is 9.80 Å². The Morgan fingerprint density at radius 3 is 0.691 bits per heavy atom. The van der Waals surface area contributed by atoms with Crippen LogP contribution < -0.4 is 9.80 Å². The van der Waals surface area contributed by atoms with Crippen LogP contribution in [-0.4, -0.2) is 0 Å². The van der Waals surface area contributed by atoms with Crippen LogP contribution in [0, 0.1) is 0 Å². The van der Waals surface area contributed by atoms with Crippen LogP contribution in [0.5, 0.6) is 0 Å². The molecule has 0 heterocycles. The van der Waals surface area contributed by atoms with Gasteiger partial charge in [0, 0.05) is 34.1 Å². The third-order valence-electron chi connectivity index (χ3n) is 12.7. The zero-order valence-corrected chi connectivity index (χ0v) is 37.6. The summed E-state index contributed by atoms with van der Waals surface area (Å²) in [6.07, 6.45) is 0. The van der Waals surface area contributed by atoms with Crippen LogP contribution in [0.15, 0.2) is 291 Å². The van der Waals surface area contributed by atoms with E-state index in [0.717, 1.165) is 61.9 Å². The van der Waals surface area contributed by atoms with Gasteiger partial charge in [-0.3, -0.25) is 0 Å². The number of para-hydroxylation sites is 1. The van der Waals surface area contributed by atoms with Crippen LogP contribution in [0.25, 0.3) is 66.8 Å². The third kappa shape index (κ3) is 8.75. The smallest absolute Gasteiger partial charge is 0.0474 e. The van der Waals surface area contributed by atoms with Gasteiger partial charge in [-0.15, -0.1) is 0 Å². The van der Waals surface area contributed by atoms with Gasteiger partial charge in [0.2, 0.25) is 0 Å². The predicted octanol–water partition coefficient (Wildman–Crippen LogP) is 18.6. The standard InChI is InChI=1S/C66H48N2/c1-7-19-49(20-8-1)52-31-39-59(40-32-52)67(58-29-17-6-18-30-58)60-45-37-57(38-46-60)66-64(55-25-13-4-14-26-55)47-63(48-65(66)56-27-15-5-16-28-56)68(61-41-33-53(34-42-61)50-21-9-2-10-22-50)62-43-35-54(36-44-62)51-23-11-3-12-24-51/h1-48H. The fraction of sp³-hybridized carbons (Fsp3) is 0. The molecule has 11 aromatic carbocycles. The predicted molar refractivity (Wildman–Crippen MR) is 288 cm³/mol. The van der Waals surface area contributed by atoms with Gasteiger partial charge in [0.25, 0.3) is 0 Å². The minimum Gasteiger partial charge on any atom is -0.311 e. The molecule has 0 aliphatic carbocycles. The van der Waals surface area contributed by atoms with E-state index in [-0.39, 0.29) is 0 Å². The molecule has 0 aliphatic rings. The second-order valence-corrected chi connectivity index (χ2v) is 16.9. The highest BCUT2D eigenvalue weighted by Crippen LogP contribution is 2.47. The molecule has 0 atom stereocenters. The average Bonchev–Trinajstić information content (AvgIpc) is 3.43. The maximum absolute atomic E-state index is 2.40. The molecule has 2 nitrogen and oxygen atoms in total. The maximum atomic E-state index is 2.40. The molecule has 0 N–H and O–H groups in total. The highest BCUT2D eigenvalue weighted by molar-refractivity contribution is 5.99. The van der Waals surface area contributed by atoms with Gasteiger partial charge in [-0.25, -0.2) is 0 Å². The summed E-state index contributed by atoms with van der Waals surface area (Å²) >= 11 is 0. The minimum absolute atomic E-state index is 1.07. The summed E-state index contributed by atoms with van der Waals surface area (Å²) in [6, 6.07) is 105. The van der Waals surface area contributed by atoms with Crippen molar-refractivity contribution in [2.45, 2.75) is 0 Å². The van der Waals surface area contributed by atoms with Crippen molar-refractivity contribution in [1.29, 1.82) is 0 Å². The van der Waals surface area contributed by atoms with E-state index in [2.05, 4.69) is 301 Å². The molecular formula is C66H48N2. The fourth-order valence-electron chi connectivity index (χ4n) is 9.31. The van der Waals surface area contributed by atoms with Gasteiger partial charge in [-0.1, -0.05) is 218 Å². The first-order chi connectivity index (χ1) is 33.7. The molecule has 0 saturated heterocycles. The molecule has 322 valence electrons. The Labute approximate surface area is 400 Å². The molecule has 68 heavy (non-hydrogen) atoms. The number of rotatable bonds is 12. The lowest BCUT2D eigenvalue weighted by Crippen LogP contribution is -2.11. The fourth-order valence-corrected chi connectivity index (χ4v) is 9.31. The highest BCUT2D eigenvalue weighted by atomic mass is 15.1. The summed E-state index contributed by atoms with van der Waals surface area (Å²) in [5.74, 6) is 0. The lowest BCUT2D eigenvalue weighted by atomic mass is 9.86. The summed E-state index contributed by atoms with van der Waals surface area (Å²) in [5.41, 5.74) is 20.5. The largest absolute Gasteiger partial charge is 0.311 e. The zero-order valence-electron chi connectivity index (χ0n) is 37.6. The topological polar surface area (TPSA) is 6.48 Å². The molecule has 0 aromatic heterocycles. The van der Waals surface area contributed by atoms with Crippen LogP contribution in [0.4, 0.5) is 34.1 Å². The van der Waals surface area contributed by atoms with Gasteiger partial charge in [0.05, 0.1) is 0 Å². The van der Waals surface area contributed by atoms with E-state index in [0.29, 0.717) is 0 Å². The minimum atomic E-state index is 1.07. The van der Waals surface area contributed by atoms with E-state index in [4.69, 9.17) is 0 Å². The maximum Gasteiger partial charge on any atom is 0.0474 e. The number of hydrogen-bond donors (Lipinski definition) is 0. The quantitative estimate of drug-likeness (QED) is 0.121. The van der Waals surface area contributed by atoms with Crippen molar-refractivity contribution in [3.05, 3.63) is 291 Å². The average molecular weight is 869 g/mol. The molecule has 0 spiro atoms. The van der Waals surface area contributed by atoms with E-state index in [1.54, 1.807) is 0 Å². The number of hydrogen-bond acceptors (Lipinski definition) is 2. The Hall–Kier alpha value is -8.98. The first-order valence-corrected chi connectivity index (χ1v) is 23.2. The van der Waals surface area contributed by atoms with E-state index >= 15 is 0 Å². The first kappa shape index (κ1) is 41.7. The Morgan fingerprint density at radius 2 is 0.382 bits per heavy atom. The van der Waals surface area contributed by atoms with Crippen molar-refractivity contribution in [1.82, 2.24) is 0 Å². The zero-order chi connectivity index (χ0) is 45.5. The normalized spacial score (nSPS) is 10.9. The van der Waals surface area contributed by atoms with Crippen LogP contribution >= 0.6 is 0 Å². The number of benzene rings is 11. The molecule has 0 amide bonds. The van der Waals surface area contributed by atoms with Crippen LogP contribution in [-0.2, 0) is 0 Å². The van der Waals surface area contributed by atoms with Gasteiger partial charge in [-0.05, 0) is 140 Å². The SMILES string of the molecule is c1ccc(-c2ccc(N(c3ccccc3)c3ccc(-c4c(-c5ccccc5)cc(N(c5ccc(-c6ccccc6)cc5)c5ccc(-c6ccccc6)cc5)cc4-c4ccccc4)cc3)cc2)cc1. The molecule has 0 saturated carbocycles. The van der Waals surface area contributed by atoms with Crippen LogP contribution in [0.2, 0.25) is 0 Å². The lowest BCUT2D eigenvalue weighted by molar-refractivity contribution is 1.28. The molecule has 2 heteroatoms.